The largest absolute Gasteiger partial charge is 0.452 e. The number of amides is 1. The Morgan fingerprint density at radius 3 is 2.67 bits per heavy atom. The molecule has 9 heteroatoms. The van der Waals surface area contributed by atoms with E-state index in [0.717, 1.165) is 12.1 Å². The van der Waals surface area contributed by atoms with Crippen molar-refractivity contribution in [1.82, 2.24) is 4.98 Å². The number of anilines is 2. The Bertz CT molecular complexity index is 815. The molecule has 2 rings (SSSR count). The van der Waals surface area contributed by atoms with Gasteiger partial charge < -0.3 is 15.8 Å². The molecule has 0 radical (unpaired) electrons. The molecule has 0 aliphatic carbocycles. The number of ether oxygens (including phenoxy) is 1. The van der Waals surface area contributed by atoms with Crippen LogP contribution < -0.4 is 11.1 Å². The number of nitrogens with two attached hydrogens (primary N) is 1. The summed E-state index contributed by atoms with van der Waals surface area (Å²) in [4.78, 5) is 27.7. The van der Waals surface area contributed by atoms with Crippen molar-refractivity contribution in [3.63, 3.8) is 0 Å². The zero-order valence-corrected chi connectivity index (χ0v) is 13.9. The molecule has 1 heterocycles. The zero-order valence-electron chi connectivity index (χ0n) is 12.4. The number of pyridine rings is 1. The fourth-order valence-corrected chi connectivity index (χ4v) is 2.15. The van der Waals surface area contributed by atoms with Crippen molar-refractivity contribution in [3.05, 3.63) is 51.4 Å². The van der Waals surface area contributed by atoms with Crippen molar-refractivity contribution in [2.24, 2.45) is 0 Å². The maximum atomic E-state index is 12.9. The maximum absolute atomic E-state index is 12.9. The topological polar surface area (TPSA) is 94.3 Å². The number of benzene rings is 1. The molecule has 3 N–H and O–H groups in total. The number of halogens is 3. The summed E-state index contributed by atoms with van der Waals surface area (Å²) in [5.74, 6) is -1.99. The molecular weight excluding hydrogens is 360 g/mol. The molecule has 0 aliphatic rings. The zero-order chi connectivity index (χ0) is 17.9. The van der Waals surface area contributed by atoms with Crippen LogP contribution in [0.25, 0.3) is 0 Å². The van der Waals surface area contributed by atoms with Gasteiger partial charge in [0.1, 0.15) is 5.82 Å². The normalized spacial score (nSPS) is 10.3. The van der Waals surface area contributed by atoms with Crippen LogP contribution in [0.3, 0.4) is 0 Å². The molecule has 0 unspecified atom stereocenters. The van der Waals surface area contributed by atoms with Crippen LogP contribution in [-0.4, -0.2) is 23.5 Å². The molecule has 0 saturated carbocycles. The number of nitrogens with one attached hydrogen (secondary N) is 1. The number of rotatable bonds is 4. The lowest BCUT2D eigenvalue weighted by Gasteiger charge is -2.09. The molecule has 126 valence electrons. The van der Waals surface area contributed by atoms with Crippen LogP contribution in [-0.2, 0) is 9.53 Å². The van der Waals surface area contributed by atoms with E-state index in [1.165, 1.54) is 12.1 Å². The standard InChI is InChI=1S/C15H12Cl2FN3O3/c1-7-10(16)5-11(17)14(20-7)21-13(22)6-24-15(23)9-3-2-8(18)4-12(9)19/h2-5H,6,19H2,1H3,(H,20,21,22). The first kappa shape index (κ1) is 18.0. The Morgan fingerprint density at radius 1 is 1.29 bits per heavy atom. The van der Waals surface area contributed by atoms with Gasteiger partial charge >= 0.3 is 5.97 Å². The SMILES string of the molecule is Cc1nc(NC(=O)COC(=O)c2ccc(F)cc2N)c(Cl)cc1Cl. The first-order valence-electron chi connectivity index (χ1n) is 6.62. The monoisotopic (exact) mass is 371 g/mol. The van der Waals surface area contributed by atoms with Crippen LogP contribution in [0.1, 0.15) is 16.1 Å². The minimum Gasteiger partial charge on any atom is -0.452 e. The fraction of sp³-hybridized carbons (Fsp3) is 0.133. The summed E-state index contributed by atoms with van der Waals surface area (Å²) in [6, 6.07) is 4.65. The number of nitrogens with zero attached hydrogens (tertiary/aromatic N) is 1. The van der Waals surface area contributed by atoms with Crippen molar-refractivity contribution in [2.45, 2.75) is 6.92 Å². The van der Waals surface area contributed by atoms with E-state index in [-0.39, 0.29) is 22.1 Å². The molecule has 0 saturated heterocycles. The van der Waals surface area contributed by atoms with Gasteiger partial charge in [-0.05, 0) is 31.2 Å². The van der Waals surface area contributed by atoms with Gasteiger partial charge in [-0.15, -0.1) is 0 Å². The second kappa shape index (κ2) is 7.46. The molecule has 2 aromatic rings. The number of aryl methyl sites for hydroxylation is 1. The lowest BCUT2D eigenvalue weighted by Crippen LogP contribution is -2.22. The highest BCUT2D eigenvalue weighted by Crippen LogP contribution is 2.25. The van der Waals surface area contributed by atoms with E-state index in [1.807, 2.05) is 0 Å². The Hall–Kier alpha value is -2.38. The van der Waals surface area contributed by atoms with Crippen LogP contribution in [0.15, 0.2) is 24.3 Å². The van der Waals surface area contributed by atoms with E-state index in [9.17, 15) is 14.0 Å². The van der Waals surface area contributed by atoms with E-state index in [2.05, 4.69) is 10.3 Å². The number of nitrogen functional groups attached to an aromatic ring is 1. The van der Waals surface area contributed by atoms with Gasteiger partial charge in [0.25, 0.3) is 5.91 Å². The summed E-state index contributed by atoms with van der Waals surface area (Å²) in [6.45, 7) is 1.06. The number of esters is 1. The van der Waals surface area contributed by atoms with Crippen LogP contribution in [0.2, 0.25) is 10.0 Å². The van der Waals surface area contributed by atoms with Gasteiger partial charge in [-0.2, -0.15) is 0 Å². The highest BCUT2D eigenvalue weighted by Gasteiger charge is 2.15. The average Bonchev–Trinajstić information content (AvgIpc) is 2.50. The predicted octanol–water partition coefficient (Wildman–Crippen LogP) is 3.21. The summed E-state index contributed by atoms with van der Waals surface area (Å²) in [5.41, 5.74) is 5.88. The van der Waals surface area contributed by atoms with E-state index in [4.69, 9.17) is 33.7 Å². The molecule has 0 fully saturated rings. The van der Waals surface area contributed by atoms with Gasteiger partial charge in [-0.3, -0.25) is 4.79 Å². The average molecular weight is 372 g/mol. The van der Waals surface area contributed by atoms with E-state index in [1.54, 1.807) is 6.92 Å². The lowest BCUT2D eigenvalue weighted by molar-refractivity contribution is -0.119. The molecule has 0 aliphatic heterocycles. The summed E-state index contributed by atoms with van der Waals surface area (Å²) in [7, 11) is 0. The third kappa shape index (κ3) is 4.33. The third-order valence-corrected chi connectivity index (χ3v) is 3.60. The van der Waals surface area contributed by atoms with Gasteiger partial charge in [0.2, 0.25) is 0 Å². The summed E-state index contributed by atoms with van der Waals surface area (Å²) in [6.07, 6.45) is 0. The van der Waals surface area contributed by atoms with Crippen LogP contribution >= 0.6 is 23.2 Å². The highest BCUT2D eigenvalue weighted by atomic mass is 35.5. The van der Waals surface area contributed by atoms with Crippen LogP contribution in [0, 0.1) is 12.7 Å². The maximum Gasteiger partial charge on any atom is 0.340 e. The molecule has 1 aromatic carbocycles. The highest BCUT2D eigenvalue weighted by molar-refractivity contribution is 6.36. The molecule has 1 aromatic heterocycles. The quantitative estimate of drug-likeness (QED) is 0.635. The smallest absolute Gasteiger partial charge is 0.340 e. The van der Waals surface area contributed by atoms with Gasteiger partial charge in [0.05, 0.1) is 21.3 Å². The van der Waals surface area contributed by atoms with Crippen LogP contribution in [0.5, 0.6) is 0 Å². The fourth-order valence-electron chi connectivity index (χ4n) is 1.74. The number of aromatic nitrogens is 1. The van der Waals surface area contributed by atoms with Crippen LogP contribution in [0.4, 0.5) is 15.9 Å². The van der Waals surface area contributed by atoms with Crippen molar-refractivity contribution >= 4 is 46.6 Å². The minimum absolute atomic E-state index is 0.0392. The lowest BCUT2D eigenvalue weighted by atomic mass is 10.2. The molecule has 24 heavy (non-hydrogen) atoms. The molecule has 0 atom stereocenters. The third-order valence-electron chi connectivity index (χ3n) is 2.93. The van der Waals surface area contributed by atoms with E-state index < -0.39 is 24.3 Å². The van der Waals surface area contributed by atoms with Gasteiger partial charge in [0, 0.05) is 5.69 Å². The second-order valence-corrected chi connectivity index (χ2v) is 5.56. The van der Waals surface area contributed by atoms with E-state index in [0.29, 0.717) is 10.7 Å². The predicted molar refractivity (Wildman–Crippen MR) is 88.7 cm³/mol. The summed E-state index contributed by atoms with van der Waals surface area (Å²) in [5, 5.41) is 2.90. The Balaban J connectivity index is 1.98. The Kier molecular flexibility index (Phi) is 5.58. The molecule has 6 nitrogen and oxygen atoms in total. The number of carbonyl (C=O) groups excluding carboxylic acids is 2. The first-order valence-corrected chi connectivity index (χ1v) is 7.38. The van der Waals surface area contributed by atoms with Gasteiger partial charge in [-0.25, -0.2) is 14.2 Å². The second-order valence-electron chi connectivity index (χ2n) is 4.74. The van der Waals surface area contributed by atoms with Crippen molar-refractivity contribution in [2.75, 3.05) is 17.7 Å². The number of hydrogen-bond acceptors (Lipinski definition) is 5. The number of carbonyl (C=O) groups is 2. The molecule has 0 bridgehead atoms. The summed E-state index contributed by atoms with van der Waals surface area (Å²) >= 11 is 11.8. The Labute approximate surface area is 146 Å². The Morgan fingerprint density at radius 2 is 2.00 bits per heavy atom. The van der Waals surface area contributed by atoms with Gasteiger partial charge in [0.15, 0.2) is 12.4 Å². The minimum atomic E-state index is -0.853. The van der Waals surface area contributed by atoms with Crippen molar-refractivity contribution in [1.29, 1.82) is 0 Å². The van der Waals surface area contributed by atoms with E-state index >= 15 is 0 Å². The number of hydrogen-bond donors (Lipinski definition) is 2. The van der Waals surface area contributed by atoms with Crippen molar-refractivity contribution < 1.29 is 18.7 Å². The van der Waals surface area contributed by atoms with Crippen molar-refractivity contribution in [3.8, 4) is 0 Å². The first-order chi connectivity index (χ1) is 11.3. The summed E-state index contributed by atoms with van der Waals surface area (Å²) < 4.78 is 17.8. The molecule has 0 spiro atoms. The van der Waals surface area contributed by atoms with Gasteiger partial charge in [-0.1, -0.05) is 23.2 Å². The molecule has 1 amide bonds. The molecular formula is C15H12Cl2FN3O3.